The van der Waals surface area contributed by atoms with E-state index in [1.165, 1.54) is 18.2 Å². The molecule has 162 valence electrons. The fourth-order valence-corrected chi connectivity index (χ4v) is 2.50. The van der Waals surface area contributed by atoms with Crippen molar-refractivity contribution in [3.05, 3.63) is 41.5 Å². The van der Waals surface area contributed by atoms with Crippen molar-refractivity contribution in [2.24, 2.45) is 0 Å². The average Bonchev–Trinajstić information content (AvgIpc) is 2.57. The summed E-state index contributed by atoms with van der Waals surface area (Å²) in [5.74, 6) is -1.28. The molecule has 1 aliphatic heterocycles. The van der Waals surface area contributed by atoms with E-state index in [9.17, 15) is 27.9 Å². The summed E-state index contributed by atoms with van der Waals surface area (Å²) in [5.41, 5.74) is 0.157. The van der Waals surface area contributed by atoms with Crippen molar-refractivity contribution in [2.75, 3.05) is 18.5 Å². The number of esters is 1. The zero-order chi connectivity index (χ0) is 19.9. The van der Waals surface area contributed by atoms with Crippen LogP contribution in [0.4, 0.5) is 18.9 Å². The SMILES string of the molecule is O.O.O=C1/C=C\CCOC(=O)c2c(O)cc(NCC(F)(F)F)cc2/C=C/CCC1. The van der Waals surface area contributed by atoms with Crippen LogP contribution >= 0.6 is 0 Å². The number of rotatable bonds is 2. The first-order valence-electron chi connectivity index (χ1n) is 8.47. The Hall–Kier alpha value is -2.85. The van der Waals surface area contributed by atoms with Crippen LogP contribution in [0.25, 0.3) is 6.08 Å². The molecule has 1 aliphatic rings. The number of carbonyl (C=O) groups excluding carboxylic acids is 2. The normalized spacial score (nSPS) is 17.5. The van der Waals surface area contributed by atoms with Gasteiger partial charge in [0, 0.05) is 18.2 Å². The number of carbonyl (C=O) groups is 2. The zero-order valence-electron chi connectivity index (χ0n) is 15.5. The number of benzene rings is 1. The molecule has 0 fully saturated rings. The molecule has 1 aromatic rings. The van der Waals surface area contributed by atoms with Gasteiger partial charge in [-0.25, -0.2) is 4.79 Å². The van der Waals surface area contributed by atoms with E-state index in [4.69, 9.17) is 4.74 Å². The molecule has 0 radical (unpaired) electrons. The number of allylic oxidation sites excluding steroid dienone is 2. The minimum atomic E-state index is -4.42. The van der Waals surface area contributed by atoms with E-state index in [1.807, 2.05) is 0 Å². The summed E-state index contributed by atoms with van der Waals surface area (Å²) in [5, 5.41) is 12.3. The summed E-state index contributed by atoms with van der Waals surface area (Å²) in [6.45, 7) is -1.26. The summed E-state index contributed by atoms with van der Waals surface area (Å²) in [6, 6.07) is 2.40. The molecule has 0 saturated heterocycles. The predicted molar refractivity (Wildman–Crippen MR) is 102 cm³/mol. The van der Waals surface area contributed by atoms with Gasteiger partial charge in [-0.1, -0.05) is 18.2 Å². The molecule has 10 heteroatoms. The van der Waals surface area contributed by atoms with Gasteiger partial charge in [0.25, 0.3) is 0 Å². The van der Waals surface area contributed by atoms with Crippen molar-refractivity contribution in [3.8, 4) is 5.75 Å². The van der Waals surface area contributed by atoms with Gasteiger partial charge < -0.3 is 26.1 Å². The average molecular weight is 419 g/mol. The number of fused-ring (bicyclic) bond motifs is 1. The molecule has 0 unspecified atom stereocenters. The number of cyclic esters (lactones) is 1. The largest absolute Gasteiger partial charge is 0.507 e. The number of anilines is 1. The Morgan fingerprint density at radius 1 is 1.07 bits per heavy atom. The van der Waals surface area contributed by atoms with Crippen LogP contribution in [0.3, 0.4) is 0 Å². The molecule has 0 amide bonds. The Labute approximate surface area is 165 Å². The first kappa shape index (κ1) is 26.1. The molecule has 0 spiro atoms. The van der Waals surface area contributed by atoms with Crippen molar-refractivity contribution in [3.63, 3.8) is 0 Å². The number of ketones is 1. The van der Waals surface area contributed by atoms with Crippen LogP contribution in [0, 0.1) is 0 Å². The molecule has 29 heavy (non-hydrogen) atoms. The molecular formula is C19H24F3NO6. The Balaban J connectivity index is 0.00000392. The Morgan fingerprint density at radius 3 is 2.45 bits per heavy atom. The fourth-order valence-electron chi connectivity index (χ4n) is 2.50. The third kappa shape index (κ3) is 8.79. The van der Waals surface area contributed by atoms with Crippen LogP contribution in [0.5, 0.6) is 5.75 Å². The number of alkyl halides is 3. The summed E-state index contributed by atoms with van der Waals surface area (Å²) in [4.78, 5) is 23.9. The van der Waals surface area contributed by atoms with Gasteiger partial charge in [0.2, 0.25) is 0 Å². The summed E-state index contributed by atoms with van der Waals surface area (Å²) in [7, 11) is 0. The van der Waals surface area contributed by atoms with Crippen molar-refractivity contribution in [1.82, 2.24) is 0 Å². The van der Waals surface area contributed by atoms with Crippen LogP contribution in [0.15, 0.2) is 30.4 Å². The number of hydrogen-bond acceptors (Lipinski definition) is 5. The lowest BCUT2D eigenvalue weighted by molar-refractivity contribution is -0.115. The highest BCUT2D eigenvalue weighted by Crippen LogP contribution is 2.29. The minimum Gasteiger partial charge on any atom is -0.507 e. The summed E-state index contributed by atoms with van der Waals surface area (Å²) >= 11 is 0. The molecule has 0 saturated carbocycles. The lowest BCUT2D eigenvalue weighted by Crippen LogP contribution is -2.21. The molecule has 0 bridgehead atoms. The maximum Gasteiger partial charge on any atom is 0.405 e. The Morgan fingerprint density at radius 2 is 1.76 bits per heavy atom. The Bertz CT molecular complexity index is 759. The van der Waals surface area contributed by atoms with Gasteiger partial charge in [0.1, 0.15) is 17.9 Å². The molecule has 2 rings (SSSR count). The number of nitrogens with one attached hydrogen (secondary N) is 1. The van der Waals surface area contributed by atoms with E-state index in [2.05, 4.69) is 5.32 Å². The van der Waals surface area contributed by atoms with Gasteiger partial charge in [0.15, 0.2) is 5.78 Å². The third-order valence-electron chi connectivity index (χ3n) is 3.76. The van der Waals surface area contributed by atoms with Gasteiger partial charge in [-0.3, -0.25) is 4.79 Å². The number of halogens is 3. The quantitative estimate of drug-likeness (QED) is 0.710. The zero-order valence-corrected chi connectivity index (χ0v) is 15.5. The lowest BCUT2D eigenvalue weighted by Gasteiger charge is -2.14. The first-order valence-corrected chi connectivity index (χ1v) is 8.47. The molecule has 1 aromatic carbocycles. The number of phenolic OH excluding ortho intramolecular Hbond substituents is 1. The monoisotopic (exact) mass is 419 g/mol. The molecule has 0 aromatic heterocycles. The van der Waals surface area contributed by atoms with Gasteiger partial charge in [-0.2, -0.15) is 13.2 Å². The second-order valence-electron chi connectivity index (χ2n) is 6.02. The number of ether oxygens (including phenoxy) is 1. The van der Waals surface area contributed by atoms with E-state index in [-0.39, 0.29) is 40.2 Å². The van der Waals surface area contributed by atoms with Crippen LogP contribution < -0.4 is 5.32 Å². The van der Waals surface area contributed by atoms with E-state index >= 15 is 0 Å². The van der Waals surface area contributed by atoms with Crippen LogP contribution in [0.1, 0.15) is 41.6 Å². The van der Waals surface area contributed by atoms with Crippen molar-refractivity contribution < 1.29 is 43.6 Å². The maximum atomic E-state index is 12.4. The van der Waals surface area contributed by atoms with E-state index in [0.29, 0.717) is 25.7 Å². The van der Waals surface area contributed by atoms with Gasteiger partial charge in [-0.05, 0) is 37.0 Å². The highest BCUT2D eigenvalue weighted by Gasteiger charge is 2.27. The lowest BCUT2D eigenvalue weighted by atomic mass is 10.0. The predicted octanol–water partition coefficient (Wildman–Crippen LogP) is 2.59. The van der Waals surface area contributed by atoms with Crippen LogP contribution in [0.2, 0.25) is 0 Å². The topological polar surface area (TPSA) is 139 Å². The van der Waals surface area contributed by atoms with Crippen molar-refractivity contribution in [2.45, 2.75) is 31.9 Å². The Kier molecular flexibility index (Phi) is 10.7. The highest BCUT2D eigenvalue weighted by atomic mass is 19.4. The van der Waals surface area contributed by atoms with Gasteiger partial charge in [-0.15, -0.1) is 0 Å². The van der Waals surface area contributed by atoms with Crippen LogP contribution in [-0.4, -0.2) is 47.1 Å². The maximum absolute atomic E-state index is 12.4. The minimum absolute atomic E-state index is 0. The highest BCUT2D eigenvalue weighted by molar-refractivity contribution is 5.97. The van der Waals surface area contributed by atoms with Gasteiger partial charge >= 0.3 is 12.1 Å². The molecule has 1 heterocycles. The fraction of sp³-hybridized carbons (Fsp3) is 0.368. The summed E-state index contributed by atoms with van der Waals surface area (Å²) < 4.78 is 42.3. The van der Waals surface area contributed by atoms with E-state index in [1.54, 1.807) is 12.2 Å². The molecule has 7 nitrogen and oxygen atoms in total. The molecule has 0 aliphatic carbocycles. The number of hydrogen-bond donors (Lipinski definition) is 2. The van der Waals surface area contributed by atoms with Crippen molar-refractivity contribution >= 4 is 23.5 Å². The third-order valence-corrected chi connectivity index (χ3v) is 3.76. The first-order chi connectivity index (χ1) is 12.8. The van der Waals surface area contributed by atoms with E-state index < -0.39 is 24.4 Å². The number of phenols is 1. The molecule has 0 atom stereocenters. The van der Waals surface area contributed by atoms with Crippen molar-refractivity contribution in [1.29, 1.82) is 0 Å². The van der Waals surface area contributed by atoms with Gasteiger partial charge in [0.05, 0.1) is 6.61 Å². The standard InChI is InChI=1S/C19H20F3NO4.2H2O/c20-19(21,22)12-23-14-10-13-6-2-1-3-7-15(24)8-4-5-9-27-18(26)17(13)16(25)11-14;;/h2,4,6,8,10-11,23,25H,1,3,5,7,9,12H2;2*1H2/b6-2+,8-4-;;. The summed E-state index contributed by atoms with van der Waals surface area (Å²) in [6.07, 6.45) is 3.71. The number of aromatic hydroxyl groups is 1. The molecular weight excluding hydrogens is 395 g/mol. The second-order valence-corrected chi connectivity index (χ2v) is 6.02. The van der Waals surface area contributed by atoms with Crippen LogP contribution in [-0.2, 0) is 9.53 Å². The molecule has 6 N–H and O–H groups in total. The smallest absolute Gasteiger partial charge is 0.405 e. The second kappa shape index (κ2) is 11.9. The van der Waals surface area contributed by atoms with E-state index in [0.717, 1.165) is 6.07 Å².